The average Bonchev–Trinajstić information content (AvgIpc) is 2.38. The van der Waals surface area contributed by atoms with Crippen LogP contribution < -0.4 is 5.32 Å². The van der Waals surface area contributed by atoms with Crippen LogP contribution in [0.15, 0.2) is 30.3 Å². The Bertz CT molecular complexity index is 298. The Kier molecular flexibility index (Phi) is 4.69. The Hall–Kier alpha value is -0.510. The predicted molar refractivity (Wildman–Crippen MR) is 69.9 cm³/mol. The smallest absolute Gasteiger partial charge is 0.0860 e. The summed E-state index contributed by atoms with van der Waals surface area (Å²) in [7, 11) is 0. The molecule has 0 saturated carbocycles. The van der Waals surface area contributed by atoms with Gasteiger partial charge in [-0.1, -0.05) is 37.3 Å². The maximum absolute atomic E-state index is 5.86. The van der Waals surface area contributed by atoms with Gasteiger partial charge in [-0.05, 0) is 12.1 Å². The van der Waals surface area contributed by atoms with Crippen molar-refractivity contribution in [1.82, 2.24) is 5.32 Å². The second kappa shape index (κ2) is 6.28. The first-order valence-electron chi connectivity index (χ1n) is 5.89. The van der Waals surface area contributed by atoms with Crippen LogP contribution in [0, 0.1) is 0 Å². The molecule has 2 atom stereocenters. The summed E-state index contributed by atoms with van der Waals surface area (Å²) in [6, 6.07) is 10.9. The van der Waals surface area contributed by atoms with Crippen LogP contribution in [0.1, 0.15) is 18.5 Å². The SMILES string of the molecule is CCNC(c1ccccc1)C1CSCCO1. The number of ether oxygens (including phenoxy) is 1. The molecule has 0 aromatic heterocycles. The fraction of sp³-hybridized carbons (Fsp3) is 0.538. The van der Waals surface area contributed by atoms with E-state index in [1.807, 2.05) is 11.8 Å². The molecule has 1 aliphatic rings. The molecule has 0 amide bonds. The van der Waals surface area contributed by atoms with Crippen LogP contribution in [0.25, 0.3) is 0 Å². The minimum atomic E-state index is 0.307. The lowest BCUT2D eigenvalue weighted by Gasteiger charge is -2.31. The third-order valence-electron chi connectivity index (χ3n) is 2.80. The molecular weight excluding hydrogens is 218 g/mol. The van der Waals surface area contributed by atoms with Gasteiger partial charge >= 0.3 is 0 Å². The van der Waals surface area contributed by atoms with Crippen molar-refractivity contribution in [3.63, 3.8) is 0 Å². The Morgan fingerprint density at radius 3 is 2.88 bits per heavy atom. The molecule has 1 aliphatic heterocycles. The third-order valence-corrected chi connectivity index (χ3v) is 3.82. The first-order valence-corrected chi connectivity index (χ1v) is 7.05. The number of rotatable bonds is 4. The summed E-state index contributed by atoms with van der Waals surface area (Å²) in [5.41, 5.74) is 1.33. The molecule has 2 rings (SSSR count). The summed E-state index contributed by atoms with van der Waals surface area (Å²) >= 11 is 1.99. The monoisotopic (exact) mass is 237 g/mol. The van der Waals surface area contributed by atoms with Gasteiger partial charge in [-0.25, -0.2) is 0 Å². The van der Waals surface area contributed by atoms with Crippen LogP contribution in [0.2, 0.25) is 0 Å². The Morgan fingerprint density at radius 2 is 2.25 bits per heavy atom. The fourth-order valence-electron chi connectivity index (χ4n) is 2.04. The van der Waals surface area contributed by atoms with Gasteiger partial charge in [0, 0.05) is 11.5 Å². The van der Waals surface area contributed by atoms with Crippen molar-refractivity contribution >= 4 is 11.8 Å². The van der Waals surface area contributed by atoms with Gasteiger partial charge in [-0.3, -0.25) is 0 Å². The molecule has 1 saturated heterocycles. The van der Waals surface area contributed by atoms with Crippen LogP contribution in [0.3, 0.4) is 0 Å². The van der Waals surface area contributed by atoms with Gasteiger partial charge in [0.15, 0.2) is 0 Å². The van der Waals surface area contributed by atoms with E-state index in [1.165, 1.54) is 5.56 Å². The highest BCUT2D eigenvalue weighted by atomic mass is 32.2. The molecule has 0 aliphatic carbocycles. The minimum absolute atomic E-state index is 0.307. The second-order valence-corrected chi connectivity index (χ2v) is 5.08. The zero-order valence-corrected chi connectivity index (χ0v) is 10.5. The van der Waals surface area contributed by atoms with Crippen molar-refractivity contribution < 1.29 is 4.74 Å². The molecule has 1 aromatic rings. The summed E-state index contributed by atoms with van der Waals surface area (Å²) in [5, 5.41) is 3.53. The molecule has 1 heterocycles. The van der Waals surface area contributed by atoms with Gasteiger partial charge in [-0.15, -0.1) is 0 Å². The molecule has 88 valence electrons. The van der Waals surface area contributed by atoms with E-state index in [-0.39, 0.29) is 0 Å². The fourth-order valence-corrected chi connectivity index (χ4v) is 2.94. The molecule has 0 bridgehead atoms. The summed E-state index contributed by atoms with van der Waals surface area (Å²) in [6.45, 7) is 4.00. The van der Waals surface area contributed by atoms with Crippen molar-refractivity contribution in [2.75, 3.05) is 24.7 Å². The number of thioether (sulfide) groups is 1. The molecule has 1 aromatic carbocycles. The number of likely N-dealkylation sites (N-methyl/N-ethyl adjacent to an activating group) is 1. The molecular formula is C13H19NOS. The number of nitrogens with one attached hydrogen (secondary N) is 1. The molecule has 2 unspecified atom stereocenters. The van der Waals surface area contributed by atoms with Crippen LogP contribution in [0.5, 0.6) is 0 Å². The maximum Gasteiger partial charge on any atom is 0.0860 e. The predicted octanol–water partition coefficient (Wildman–Crippen LogP) is 2.47. The first-order chi connectivity index (χ1) is 7.92. The van der Waals surface area contributed by atoms with Crippen molar-refractivity contribution in [1.29, 1.82) is 0 Å². The van der Waals surface area contributed by atoms with Crippen molar-refractivity contribution in [3.05, 3.63) is 35.9 Å². The van der Waals surface area contributed by atoms with Crippen LogP contribution in [-0.2, 0) is 4.74 Å². The summed E-state index contributed by atoms with van der Waals surface area (Å²) < 4.78 is 5.86. The van der Waals surface area contributed by atoms with E-state index in [4.69, 9.17) is 4.74 Å². The van der Waals surface area contributed by atoms with Crippen molar-refractivity contribution in [3.8, 4) is 0 Å². The molecule has 1 N–H and O–H groups in total. The highest BCUT2D eigenvalue weighted by Crippen LogP contribution is 2.25. The molecule has 1 fully saturated rings. The normalized spacial score (nSPS) is 22.9. The van der Waals surface area contributed by atoms with E-state index >= 15 is 0 Å². The van der Waals surface area contributed by atoms with Crippen molar-refractivity contribution in [2.45, 2.75) is 19.1 Å². The van der Waals surface area contributed by atoms with E-state index in [9.17, 15) is 0 Å². The van der Waals surface area contributed by atoms with Crippen LogP contribution in [-0.4, -0.2) is 30.8 Å². The maximum atomic E-state index is 5.86. The van der Waals surface area contributed by atoms with Crippen LogP contribution >= 0.6 is 11.8 Å². The van der Waals surface area contributed by atoms with E-state index in [2.05, 4.69) is 42.6 Å². The summed E-state index contributed by atoms with van der Waals surface area (Å²) in [6.07, 6.45) is 0.307. The van der Waals surface area contributed by atoms with Gasteiger partial charge in [0.2, 0.25) is 0 Å². The van der Waals surface area contributed by atoms with Gasteiger partial charge in [0.1, 0.15) is 0 Å². The van der Waals surface area contributed by atoms with Crippen LogP contribution in [0.4, 0.5) is 0 Å². The van der Waals surface area contributed by atoms with Gasteiger partial charge < -0.3 is 10.1 Å². The molecule has 0 radical (unpaired) electrons. The minimum Gasteiger partial charge on any atom is -0.375 e. The zero-order valence-electron chi connectivity index (χ0n) is 9.69. The lowest BCUT2D eigenvalue weighted by atomic mass is 10.0. The first kappa shape index (κ1) is 12.0. The molecule has 16 heavy (non-hydrogen) atoms. The largest absolute Gasteiger partial charge is 0.375 e. The Balaban J connectivity index is 2.09. The van der Waals surface area contributed by atoms with E-state index in [0.717, 1.165) is 24.7 Å². The topological polar surface area (TPSA) is 21.3 Å². The van der Waals surface area contributed by atoms with Gasteiger partial charge in [-0.2, -0.15) is 11.8 Å². The lowest BCUT2D eigenvalue weighted by Crippen LogP contribution is -2.38. The highest BCUT2D eigenvalue weighted by molar-refractivity contribution is 7.99. The highest BCUT2D eigenvalue weighted by Gasteiger charge is 2.25. The standard InChI is InChI=1S/C13H19NOS/c1-2-14-13(11-6-4-3-5-7-11)12-10-16-9-8-15-12/h3-7,12-14H,2,8-10H2,1H3. The second-order valence-electron chi connectivity index (χ2n) is 3.93. The molecule has 2 nitrogen and oxygen atoms in total. The molecule has 0 spiro atoms. The quantitative estimate of drug-likeness (QED) is 0.869. The van der Waals surface area contributed by atoms with E-state index < -0.39 is 0 Å². The van der Waals surface area contributed by atoms with E-state index in [1.54, 1.807) is 0 Å². The summed E-state index contributed by atoms with van der Waals surface area (Å²) in [5.74, 6) is 2.22. The lowest BCUT2D eigenvalue weighted by molar-refractivity contribution is 0.0472. The van der Waals surface area contributed by atoms with Gasteiger partial charge in [0.05, 0.1) is 18.8 Å². The zero-order chi connectivity index (χ0) is 11.2. The average molecular weight is 237 g/mol. The molecule has 3 heteroatoms. The number of hydrogen-bond acceptors (Lipinski definition) is 3. The number of hydrogen-bond donors (Lipinski definition) is 1. The van der Waals surface area contributed by atoms with Crippen molar-refractivity contribution in [2.24, 2.45) is 0 Å². The summed E-state index contributed by atoms with van der Waals surface area (Å²) in [4.78, 5) is 0. The Labute approximate surface area is 102 Å². The van der Waals surface area contributed by atoms with Gasteiger partial charge in [0.25, 0.3) is 0 Å². The third kappa shape index (κ3) is 3.00. The van der Waals surface area contributed by atoms with E-state index in [0.29, 0.717) is 12.1 Å². The number of benzene rings is 1. The Morgan fingerprint density at radius 1 is 1.44 bits per heavy atom.